The zero-order valence-electron chi connectivity index (χ0n) is 39.6. The molecule has 2 aromatic carbocycles. The van der Waals surface area contributed by atoms with Crippen molar-refractivity contribution in [3.63, 3.8) is 0 Å². The third-order valence-corrected chi connectivity index (χ3v) is 12.4. The second kappa shape index (κ2) is 25.6. The summed E-state index contributed by atoms with van der Waals surface area (Å²) in [5, 5.41) is 30.8. The Kier molecular flexibility index (Phi) is 19.2. The number of imide groups is 1. The van der Waals surface area contributed by atoms with Crippen LogP contribution < -0.4 is 21.3 Å². The molecule has 2 aromatic rings. The number of nitrogens with zero attached hydrogens (tertiary/aromatic N) is 5. The Balaban J connectivity index is 1.05. The molecule has 4 aliphatic rings. The Bertz CT molecular complexity index is 2340. The van der Waals surface area contributed by atoms with Crippen LogP contribution in [0.1, 0.15) is 53.2 Å². The number of fused-ring (bicyclic) bond motifs is 5. The van der Waals surface area contributed by atoms with Crippen LogP contribution in [-0.2, 0) is 72.0 Å². The molecule has 4 atom stereocenters. The third-order valence-electron chi connectivity index (χ3n) is 12.4. The van der Waals surface area contributed by atoms with Crippen molar-refractivity contribution in [2.45, 2.75) is 64.1 Å². The highest BCUT2D eigenvalue weighted by atomic mass is 16.9. The van der Waals surface area contributed by atoms with E-state index in [1.54, 1.807) is 17.0 Å². The molecule has 0 aliphatic carbocycles. The number of amides is 4. The van der Waals surface area contributed by atoms with Crippen LogP contribution in [0.4, 0.5) is 5.69 Å². The second-order valence-electron chi connectivity index (χ2n) is 17.4. The fraction of sp³-hybridized carbons (Fsp3) is 0.479. The Morgan fingerprint density at radius 1 is 0.845 bits per heavy atom. The number of anilines is 1. The lowest BCUT2D eigenvalue weighted by Crippen LogP contribution is -2.52. The Morgan fingerprint density at radius 3 is 2.27 bits per heavy atom. The predicted molar refractivity (Wildman–Crippen MR) is 252 cm³/mol. The van der Waals surface area contributed by atoms with Gasteiger partial charge < -0.3 is 50.6 Å². The molecule has 0 saturated carbocycles. The molecule has 6 N–H and O–H groups in total. The normalized spacial score (nSPS) is 21.0. The number of nitrogens with one attached hydrogen (secondary N) is 4. The standard InChI is InChI=1S/C48H61N9O14/c1-3-53-21-22-56-30-45(65)71-48(70-44(64)29-53)69-43(63)25-49-17-20-54(28-42(61)62)27-35(56)23-32-10-12-34(13-11-32)51-31(2)55-19-16-36-33(26-55)7-6-8-37(36)46(66)50-24-39(58)52-38(47(67)68)9-4-5-18-57-40(59)14-15-41(57)60/h6-8,10-15,35,38,48-49,51H,2-5,9,16-30H2,1H3,(H,50,66)(H,52,58)(H,61,62)(H,67,68)/t35?,38-,48?/m0/s1. The molecule has 2 saturated heterocycles. The average molecular weight is 988 g/mol. The van der Waals surface area contributed by atoms with Gasteiger partial charge in [0.05, 0.1) is 38.5 Å². The van der Waals surface area contributed by atoms with Crippen molar-refractivity contribution >= 4 is 59.2 Å². The molecule has 2 fully saturated rings. The van der Waals surface area contributed by atoms with Gasteiger partial charge in [0.2, 0.25) is 5.91 Å². The van der Waals surface area contributed by atoms with Crippen molar-refractivity contribution in [1.82, 2.24) is 40.4 Å². The minimum atomic E-state index is -1.88. The Labute approximate surface area is 410 Å². The molecule has 71 heavy (non-hydrogen) atoms. The number of carboxylic acid groups (broad SMARTS) is 2. The van der Waals surface area contributed by atoms with E-state index in [2.05, 4.69) is 27.8 Å². The van der Waals surface area contributed by atoms with Crippen LogP contribution in [0, 0.1) is 0 Å². The first-order valence-corrected chi connectivity index (χ1v) is 23.5. The molecule has 2 bridgehead atoms. The smallest absolute Gasteiger partial charge is 0.412 e. The number of carboxylic acids is 2. The first-order chi connectivity index (χ1) is 34.0. The van der Waals surface area contributed by atoms with Gasteiger partial charge in [-0.3, -0.25) is 58.0 Å². The second-order valence-corrected chi connectivity index (χ2v) is 17.4. The molecule has 3 unspecified atom stereocenters. The zero-order chi connectivity index (χ0) is 51.0. The van der Waals surface area contributed by atoms with Crippen LogP contribution in [0.2, 0.25) is 0 Å². The van der Waals surface area contributed by atoms with Crippen LogP contribution >= 0.6 is 0 Å². The van der Waals surface area contributed by atoms with Crippen LogP contribution in [-0.4, -0.2) is 192 Å². The van der Waals surface area contributed by atoms with Crippen molar-refractivity contribution in [2.24, 2.45) is 0 Å². The number of unbranched alkanes of at least 4 members (excludes halogenated alkanes) is 1. The number of carbonyl (C=O) groups is 9. The Hall–Kier alpha value is -7.21. The molecular formula is C48H61N9O14. The first kappa shape index (κ1) is 53.1. The van der Waals surface area contributed by atoms with Crippen LogP contribution in [0.5, 0.6) is 0 Å². The van der Waals surface area contributed by atoms with Crippen molar-refractivity contribution in [3.05, 3.63) is 89.3 Å². The third kappa shape index (κ3) is 15.9. The summed E-state index contributed by atoms with van der Waals surface area (Å²) in [6, 6.07) is 11.3. The molecular weight excluding hydrogens is 927 g/mol. The highest BCUT2D eigenvalue weighted by Gasteiger charge is 2.32. The summed E-state index contributed by atoms with van der Waals surface area (Å²) in [4.78, 5) is 121. The summed E-state index contributed by atoms with van der Waals surface area (Å²) in [7, 11) is 0. The van der Waals surface area contributed by atoms with Gasteiger partial charge in [0.15, 0.2) is 0 Å². The van der Waals surface area contributed by atoms with Crippen molar-refractivity contribution in [1.29, 1.82) is 0 Å². The zero-order valence-corrected chi connectivity index (χ0v) is 39.6. The minimum Gasteiger partial charge on any atom is -0.480 e. The van der Waals surface area contributed by atoms with Gasteiger partial charge in [0.1, 0.15) is 6.04 Å². The van der Waals surface area contributed by atoms with Gasteiger partial charge in [-0.05, 0) is 73.5 Å². The summed E-state index contributed by atoms with van der Waals surface area (Å²) < 4.78 is 15.8. The number of carbonyl (C=O) groups excluding carboxylic acids is 7. The van der Waals surface area contributed by atoms with Crippen LogP contribution in [0.25, 0.3) is 0 Å². The number of ether oxygens (including phenoxy) is 3. The van der Waals surface area contributed by atoms with Gasteiger partial charge in [0, 0.05) is 81.8 Å². The maximum atomic E-state index is 13.4. The number of rotatable bonds is 18. The van der Waals surface area contributed by atoms with E-state index in [1.165, 1.54) is 12.2 Å². The average Bonchev–Trinajstić information content (AvgIpc) is 3.64. The summed E-state index contributed by atoms with van der Waals surface area (Å²) in [6.07, 6.45) is 3.98. The number of likely N-dealkylation sites (N-methyl/N-ethyl adjacent to an activating group) is 1. The van der Waals surface area contributed by atoms with Gasteiger partial charge in [-0.1, -0.05) is 37.8 Å². The molecule has 4 heterocycles. The lowest BCUT2D eigenvalue weighted by atomic mass is 9.94. The number of hydrogen-bond acceptors (Lipinski definition) is 18. The van der Waals surface area contributed by atoms with Crippen LogP contribution in [0.3, 0.4) is 0 Å². The summed E-state index contributed by atoms with van der Waals surface area (Å²) in [6.45, 7) is 5.81. The highest BCUT2D eigenvalue weighted by molar-refractivity contribution is 6.12. The number of esters is 3. The highest BCUT2D eigenvalue weighted by Crippen LogP contribution is 2.26. The van der Waals surface area contributed by atoms with Crippen LogP contribution in [0.15, 0.2) is 67.0 Å². The van der Waals surface area contributed by atoms with Gasteiger partial charge in [-0.2, -0.15) is 0 Å². The van der Waals surface area contributed by atoms with E-state index in [0.717, 1.165) is 27.3 Å². The summed E-state index contributed by atoms with van der Waals surface area (Å²) in [5.41, 5.74) is 3.71. The fourth-order valence-electron chi connectivity index (χ4n) is 8.65. The van der Waals surface area contributed by atoms with Gasteiger partial charge in [-0.25, -0.2) is 4.79 Å². The lowest BCUT2D eigenvalue weighted by Gasteiger charge is -2.36. The summed E-state index contributed by atoms with van der Waals surface area (Å²) in [5.74, 6) is -6.07. The maximum absolute atomic E-state index is 13.4. The molecule has 23 heteroatoms. The Morgan fingerprint density at radius 2 is 1.56 bits per heavy atom. The van der Waals surface area contributed by atoms with Gasteiger partial charge in [0.25, 0.3) is 17.7 Å². The molecule has 0 spiro atoms. The van der Waals surface area contributed by atoms with E-state index in [-0.39, 0.29) is 58.8 Å². The minimum absolute atomic E-state index is 0.0626. The molecule has 23 nitrogen and oxygen atoms in total. The number of benzene rings is 2. The maximum Gasteiger partial charge on any atom is 0.412 e. The monoisotopic (exact) mass is 987 g/mol. The van der Waals surface area contributed by atoms with Crippen molar-refractivity contribution < 1.29 is 67.6 Å². The molecule has 4 aliphatic heterocycles. The van der Waals surface area contributed by atoms with Crippen molar-refractivity contribution in [3.8, 4) is 0 Å². The van der Waals surface area contributed by atoms with Gasteiger partial charge in [-0.15, -0.1) is 0 Å². The largest absolute Gasteiger partial charge is 0.480 e. The van der Waals surface area contributed by atoms with E-state index in [4.69, 9.17) is 14.2 Å². The molecule has 0 radical (unpaired) electrons. The summed E-state index contributed by atoms with van der Waals surface area (Å²) >= 11 is 0. The first-order valence-electron chi connectivity index (χ1n) is 23.5. The topological polar surface area (TPSA) is 286 Å². The molecule has 0 aromatic heterocycles. The van der Waals surface area contributed by atoms with E-state index < -0.39 is 78.6 Å². The van der Waals surface area contributed by atoms with Gasteiger partial charge >= 0.3 is 36.3 Å². The van der Waals surface area contributed by atoms with E-state index >= 15 is 0 Å². The molecule has 382 valence electrons. The lowest BCUT2D eigenvalue weighted by molar-refractivity contribution is -0.257. The SMILES string of the molecule is C=C(Nc1ccc(CC2CN(CC(=O)O)CCNCC(=O)OC3OC(=O)CN(CC)CCN2CC(=O)O3)cc1)N1CCc2c(cccc2C(=O)NCC(=O)N[C@@H](CCCCN2C(=O)C=CC2=O)C(=O)O)C1. The van der Waals surface area contributed by atoms with E-state index in [9.17, 15) is 53.4 Å². The number of aliphatic carboxylic acids is 2. The van der Waals surface area contributed by atoms with E-state index in [0.29, 0.717) is 69.8 Å². The van der Waals surface area contributed by atoms with E-state index in [1.807, 2.05) is 52.0 Å². The quantitative estimate of drug-likeness (QED) is 0.0622. The fourth-order valence-corrected chi connectivity index (χ4v) is 8.65. The predicted octanol–water partition coefficient (Wildman–Crippen LogP) is -0.526. The molecule has 6 rings (SSSR count). The van der Waals surface area contributed by atoms with Crippen molar-refractivity contribution in [2.75, 3.05) is 90.4 Å². The molecule has 4 amide bonds. The number of hydrogen-bond donors (Lipinski definition) is 6.